The van der Waals surface area contributed by atoms with Gasteiger partial charge >= 0.3 is 0 Å². The van der Waals surface area contributed by atoms with E-state index in [0.717, 1.165) is 55.9 Å². The van der Waals surface area contributed by atoms with E-state index in [-0.39, 0.29) is 11.9 Å². The maximum Gasteiger partial charge on any atom is 0.238 e. The van der Waals surface area contributed by atoms with Gasteiger partial charge in [-0.05, 0) is 46.6 Å². The van der Waals surface area contributed by atoms with Crippen molar-refractivity contribution in [2.75, 3.05) is 20.1 Å². The zero-order valence-corrected chi connectivity index (χ0v) is 14.7. The fourth-order valence-corrected chi connectivity index (χ4v) is 4.65. The highest BCUT2D eigenvalue weighted by atomic mass is 16.3. The second-order valence-corrected chi connectivity index (χ2v) is 8.21. The summed E-state index contributed by atoms with van der Waals surface area (Å²) in [5, 5.41) is 10.2. The summed E-state index contributed by atoms with van der Waals surface area (Å²) in [4.78, 5) is 26.6. The summed E-state index contributed by atoms with van der Waals surface area (Å²) in [5.41, 5.74) is 0.959. The molecular formula is C18H26N4O2. The van der Waals surface area contributed by atoms with Crippen LogP contribution < -0.4 is 0 Å². The summed E-state index contributed by atoms with van der Waals surface area (Å²) >= 11 is 0. The molecule has 2 aliphatic heterocycles. The van der Waals surface area contributed by atoms with Crippen molar-refractivity contribution in [3.8, 4) is 0 Å². The Hall–Kier alpha value is -1.53. The van der Waals surface area contributed by atoms with Crippen molar-refractivity contribution < 1.29 is 9.90 Å². The van der Waals surface area contributed by atoms with E-state index in [0.29, 0.717) is 6.54 Å². The van der Waals surface area contributed by atoms with E-state index in [1.54, 1.807) is 0 Å². The number of rotatable bonds is 1. The number of aromatic nitrogens is 2. The number of nitrogens with zero attached hydrogens (tertiary/aromatic N) is 4. The maximum absolute atomic E-state index is 13.4. The molecule has 1 saturated heterocycles. The highest BCUT2D eigenvalue weighted by Crippen LogP contribution is 2.42. The van der Waals surface area contributed by atoms with Crippen LogP contribution in [-0.4, -0.2) is 62.6 Å². The van der Waals surface area contributed by atoms with Crippen molar-refractivity contribution >= 4 is 5.91 Å². The third-order valence-corrected chi connectivity index (χ3v) is 6.00. The van der Waals surface area contributed by atoms with Gasteiger partial charge in [0.25, 0.3) is 0 Å². The van der Waals surface area contributed by atoms with E-state index >= 15 is 0 Å². The number of hydrogen-bond acceptors (Lipinski definition) is 5. The third kappa shape index (κ3) is 2.35. The van der Waals surface area contributed by atoms with Gasteiger partial charge < -0.3 is 14.9 Å². The van der Waals surface area contributed by atoms with Crippen molar-refractivity contribution in [3.05, 3.63) is 23.3 Å². The van der Waals surface area contributed by atoms with Gasteiger partial charge in [0.05, 0.1) is 11.3 Å². The molecule has 0 bridgehead atoms. The van der Waals surface area contributed by atoms with Crippen molar-refractivity contribution in [1.29, 1.82) is 0 Å². The molecule has 1 N–H and O–H groups in total. The molecule has 1 amide bonds. The van der Waals surface area contributed by atoms with Crippen LogP contribution in [-0.2, 0) is 16.8 Å². The molecule has 0 aromatic carbocycles. The molecule has 24 heavy (non-hydrogen) atoms. The molecule has 3 aliphatic rings. The van der Waals surface area contributed by atoms with Crippen molar-refractivity contribution in [3.63, 3.8) is 0 Å². The SMILES string of the molecule is Cc1ncc2c(n1)C1(CN(C)C1)C(=O)N(C1CCC(C)(O)CC1)C2. The fourth-order valence-electron chi connectivity index (χ4n) is 4.65. The fraction of sp³-hybridized carbons (Fsp3) is 0.722. The summed E-state index contributed by atoms with van der Waals surface area (Å²) in [6, 6.07) is 0.218. The van der Waals surface area contributed by atoms with Gasteiger partial charge in [0.1, 0.15) is 11.2 Å². The first-order valence-corrected chi connectivity index (χ1v) is 8.86. The van der Waals surface area contributed by atoms with Crippen LogP contribution in [0, 0.1) is 6.92 Å². The second-order valence-electron chi connectivity index (χ2n) is 8.21. The van der Waals surface area contributed by atoms with E-state index in [1.807, 2.05) is 32.0 Å². The van der Waals surface area contributed by atoms with Crippen LogP contribution in [0.3, 0.4) is 0 Å². The predicted molar refractivity (Wildman–Crippen MR) is 89.4 cm³/mol. The van der Waals surface area contributed by atoms with Gasteiger partial charge in [-0.3, -0.25) is 4.79 Å². The number of carbonyl (C=O) groups excluding carboxylic acids is 1. The molecule has 1 aliphatic carbocycles. The molecule has 6 heteroatoms. The van der Waals surface area contributed by atoms with Crippen LogP contribution in [0.25, 0.3) is 0 Å². The monoisotopic (exact) mass is 330 g/mol. The molecule has 0 unspecified atom stereocenters. The minimum atomic E-state index is -0.582. The number of aliphatic hydroxyl groups is 1. The maximum atomic E-state index is 13.4. The summed E-state index contributed by atoms with van der Waals surface area (Å²) in [6.45, 7) is 5.85. The van der Waals surface area contributed by atoms with Crippen LogP contribution >= 0.6 is 0 Å². The van der Waals surface area contributed by atoms with Gasteiger partial charge in [-0.1, -0.05) is 0 Å². The van der Waals surface area contributed by atoms with E-state index in [1.165, 1.54) is 0 Å². The normalized spacial score (nSPS) is 32.6. The van der Waals surface area contributed by atoms with Gasteiger partial charge in [-0.15, -0.1) is 0 Å². The molecule has 4 rings (SSSR count). The minimum Gasteiger partial charge on any atom is -0.390 e. The predicted octanol–water partition coefficient (Wildman–Crippen LogP) is 1.00. The number of hydrogen-bond donors (Lipinski definition) is 1. The Labute approximate surface area is 142 Å². The summed E-state index contributed by atoms with van der Waals surface area (Å²) in [6.07, 6.45) is 5.15. The first kappa shape index (κ1) is 16.0. The topological polar surface area (TPSA) is 69.6 Å². The lowest BCUT2D eigenvalue weighted by atomic mass is 9.70. The second kappa shape index (κ2) is 5.23. The zero-order chi connectivity index (χ0) is 17.1. The van der Waals surface area contributed by atoms with Crippen molar-refractivity contribution in [2.45, 2.75) is 63.1 Å². The number of fused-ring (bicyclic) bond motifs is 2. The summed E-state index contributed by atoms with van der Waals surface area (Å²) in [5.74, 6) is 0.954. The Morgan fingerprint density at radius 2 is 1.96 bits per heavy atom. The highest BCUT2D eigenvalue weighted by molar-refractivity contribution is 5.91. The molecule has 6 nitrogen and oxygen atoms in total. The molecule has 1 aromatic rings. The van der Waals surface area contributed by atoms with Crippen LogP contribution in [0.1, 0.15) is 49.7 Å². The summed E-state index contributed by atoms with van der Waals surface area (Å²) < 4.78 is 0. The molecule has 1 spiro atoms. The van der Waals surface area contributed by atoms with Crippen LogP contribution in [0.4, 0.5) is 0 Å². The third-order valence-electron chi connectivity index (χ3n) is 6.00. The van der Waals surface area contributed by atoms with Gasteiger partial charge in [0, 0.05) is 37.4 Å². The van der Waals surface area contributed by atoms with Gasteiger partial charge in [0.15, 0.2) is 0 Å². The number of aryl methyl sites for hydroxylation is 1. The van der Waals surface area contributed by atoms with E-state index < -0.39 is 11.0 Å². The van der Waals surface area contributed by atoms with Gasteiger partial charge in [0.2, 0.25) is 5.91 Å². The van der Waals surface area contributed by atoms with Crippen molar-refractivity contribution in [1.82, 2.24) is 19.8 Å². The molecule has 0 radical (unpaired) electrons. The first-order chi connectivity index (χ1) is 11.3. The minimum absolute atomic E-state index is 0.218. The Morgan fingerprint density at radius 3 is 2.58 bits per heavy atom. The van der Waals surface area contributed by atoms with Crippen LogP contribution in [0.15, 0.2) is 6.20 Å². The van der Waals surface area contributed by atoms with E-state index in [9.17, 15) is 9.90 Å². The molecular weight excluding hydrogens is 304 g/mol. The van der Waals surface area contributed by atoms with Gasteiger partial charge in [-0.2, -0.15) is 0 Å². The first-order valence-electron chi connectivity index (χ1n) is 8.86. The molecule has 1 saturated carbocycles. The van der Waals surface area contributed by atoms with Crippen molar-refractivity contribution in [2.24, 2.45) is 0 Å². The Kier molecular flexibility index (Phi) is 3.48. The highest BCUT2D eigenvalue weighted by Gasteiger charge is 2.56. The lowest BCUT2D eigenvalue weighted by Crippen LogP contribution is -2.69. The zero-order valence-electron chi connectivity index (χ0n) is 14.7. The molecule has 0 atom stereocenters. The number of carbonyl (C=O) groups is 1. The average Bonchev–Trinajstić information content (AvgIpc) is 2.49. The molecule has 2 fully saturated rings. The van der Waals surface area contributed by atoms with Crippen LogP contribution in [0.5, 0.6) is 0 Å². The average molecular weight is 330 g/mol. The van der Waals surface area contributed by atoms with Crippen LogP contribution in [0.2, 0.25) is 0 Å². The lowest BCUT2D eigenvalue weighted by molar-refractivity contribution is -0.151. The standard InChI is InChI=1S/C18H26N4O2/c1-12-19-8-13-9-22(14-4-6-17(2,24)7-5-14)16(23)18(15(13)20-12)10-21(3)11-18/h8,14,24H,4-7,9-11H2,1-3H3. The Balaban J connectivity index is 1.67. The number of amides is 1. The smallest absolute Gasteiger partial charge is 0.238 e. The van der Waals surface area contributed by atoms with E-state index in [2.05, 4.69) is 14.9 Å². The Morgan fingerprint density at radius 1 is 1.29 bits per heavy atom. The molecule has 130 valence electrons. The van der Waals surface area contributed by atoms with E-state index in [4.69, 9.17) is 0 Å². The lowest BCUT2D eigenvalue weighted by Gasteiger charge is -2.53. The largest absolute Gasteiger partial charge is 0.390 e. The van der Waals surface area contributed by atoms with Gasteiger partial charge in [-0.25, -0.2) is 9.97 Å². The number of likely N-dealkylation sites (tertiary alicyclic amines) is 1. The Bertz CT molecular complexity index is 672. The summed E-state index contributed by atoms with van der Waals surface area (Å²) in [7, 11) is 2.04. The molecule has 3 heterocycles. The number of likely N-dealkylation sites (N-methyl/N-ethyl adjacent to an activating group) is 1. The quantitative estimate of drug-likeness (QED) is 0.832. The molecule has 1 aromatic heterocycles.